The second-order valence-corrected chi connectivity index (χ2v) is 26.0. The molecule has 6 aromatic rings. The Morgan fingerprint density at radius 2 is 0.462 bits per heavy atom. The summed E-state index contributed by atoms with van der Waals surface area (Å²) in [5.41, 5.74) is 8.42. The number of aryl methyl sites for hydroxylation is 6. The van der Waals surface area contributed by atoms with Gasteiger partial charge in [-0.2, -0.15) is 0 Å². The summed E-state index contributed by atoms with van der Waals surface area (Å²) >= 11 is 0. The Labute approximate surface area is 397 Å². The first-order valence-electron chi connectivity index (χ1n) is 24.2. The predicted octanol–water partition coefficient (Wildman–Crippen LogP) is 13.9. The Kier molecular flexibility index (Phi) is 24.0. The summed E-state index contributed by atoms with van der Waals surface area (Å²) in [6, 6.07) is 66.1. The SMILES string of the molecule is CC(COCCP(CCc1ccccc1)CCc1ccccc1)(COCCP(CCc1ccccc1)CCc1ccccc1)COCCP(CCc1ccccc1)CCc1ccccc1. The fourth-order valence-electron chi connectivity index (χ4n) is 8.26. The number of benzene rings is 6. The Morgan fingerprint density at radius 1 is 0.277 bits per heavy atom. The molecule has 0 spiro atoms. The zero-order chi connectivity index (χ0) is 44.9. The maximum Gasteiger partial charge on any atom is 0.0564 e. The van der Waals surface area contributed by atoms with Crippen molar-refractivity contribution in [2.75, 3.05) is 95.1 Å². The Bertz CT molecular complexity index is 1690. The molecular formula is C59H75O3P3. The van der Waals surface area contributed by atoms with Crippen LogP contribution in [0.4, 0.5) is 0 Å². The first-order valence-corrected chi connectivity index (χ1v) is 29.9. The molecule has 0 saturated carbocycles. The van der Waals surface area contributed by atoms with Gasteiger partial charge in [0, 0.05) is 5.41 Å². The van der Waals surface area contributed by atoms with E-state index in [1.54, 1.807) is 0 Å². The summed E-state index contributed by atoms with van der Waals surface area (Å²) in [5.74, 6) is 0. The van der Waals surface area contributed by atoms with E-state index in [-0.39, 0.29) is 29.2 Å². The average molecular weight is 925 g/mol. The number of rotatable bonds is 33. The molecule has 0 aromatic heterocycles. The van der Waals surface area contributed by atoms with Gasteiger partial charge >= 0.3 is 0 Å². The molecule has 344 valence electrons. The predicted molar refractivity (Wildman–Crippen MR) is 286 cm³/mol. The topological polar surface area (TPSA) is 27.7 Å². The van der Waals surface area contributed by atoms with E-state index < -0.39 is 0 Å². The lowest BCUT2D eigenvalue weighted by Crippen LogP contribution is -2.35. The minimum atomic E-state index is -0.218. The second-order valence-electron chi connectivity index (χ2n) is 17.9. The van der Waals surface area contributed by atoms with Crippen LogP contribution in [0.5, 0.6) is 0 Å². The van der Waals surface area contributed by atoms with Gasteiger partial charge in [-0.25, -0.2) is 0 Å². The van der Waals surface area contributed by atoms with E-state index in [9.17, 15) is 0 Å². The normalized spacial score (nSPS) is 11.8. The summed E-state index contributed by atoms with van der Waals surface area (Å²) < 4.78 is 20.1. The number of hydrogen-bond acceptors (Lipinski definition) is 3. The quantitative estimate of drug-likeness (QED) is 0.0304. The van der Waals surface area contributed by atoms with Crippen LogP contribution in [-0.4, -0.2) is 95.1 Å². The summed E-state index contributed by atoms with van der Waals surface area (Å²) in [6.45, 7) is 6.67. The van der Waals surface area contributed by atoms with Crippen LogP contribution in [0.15, 0.2) is 182 Å². The van der Waals surface area contributed by atoms with Crippen LogP contribution in [0.25, 0.3) is 0 Å². The molecule has 65 heavy (non-hydrogen) atoms. The van der Waals surface area contributed by atoms with E-state index in [1.807, 2.05) is 0 Å². The van der Waals surface area contributed by atoms with E-state index in [0.717, 1.165) is 76.8 Å². The lowest BCUT2D eigenvalue weighted by Gasteiger charge is -2.30. The zero-order valence-corrected chi connectivity index (χ0v) is 41.9. The van der Waals surface area contributed by atoms with Gasteiger partial charge in [-0.05, 0) is 127 Å². The smallest absolute Gasteiger partial charge is 0.0564 e. The number of ether oxygens (including phenoxy) is 3. The lowest BCUT2D eigenvalue weighted by atomic mass is 9.94. The largest absolute Gasteiger partial charge is 0.380 e. The molecule has 6 heteroatoms. The van der Waals surface area contributed by atoms with Gasteiger partial charge in [0.2, 0.25) is 0 Å². The lowest BCUT2D eigenvalue weighted by molar-refractivity contribution is -0.0528. The zero-order valence-electron chi connectivity index (χ0n) is 39.2. The highest BCUT2D eigenvalue weighted by atomic mass is 31.1. The third kappa shape index (κ3) is 21.3. The maximum absolute atomic E-state index is 6.70. The third-order valence-corrected chi connectivity index (χ3v) is 19.9. The minimum absolute atomic E-state index is 0.164. The molecule has 0 fully saturated rings. The first-order chi connectivity index (χ1) is 32.1. The Hall–Kier alpha value is -3.51. The van der Waals surface area contributed by atoms with Gasteiger partial charge in [-0.1, -0.05) is 189 Å². The van der Waals surface area contributed by atoms with Gasteiger partial charge in [0.25, 0.3) is 0 Å². The van der Waals surface area contributed by atoms with Gasteiger partial charge in [-0.15, -0.1) is 23.8 Å². The van der Waals surface area contributed by atoms with Gasteiger partial charge in [0.05, 0.1) is 39.6 Å². The minimum Gasteiger partial charge on any atom is -0.380 e. The van der Waals surface area contributed by atoms with Gasteiger partial charge < -0.3 is 14.2 Å². The highest BCUT2D eigenvalue weighted by Crippen LogP contribution is 2.39. The molecule has 0 aliphatic heterocycles. The molecule has 0 atom stereocenters. The molecule has 0 radical (unpaired) electrons. The fourth-order valence-corrected chi connectivity index (χ4v) is 14.9. The van der Waals surface area contributed by atoms with Crippen molar-refractivity contribution in [1.82, 2.24) is 0 Å². The van der Waals surface area contributed by atoms with Crippen LogP contribution in [0.2, 0.25) is 0 Å². The van der Waals surface area contributed by atoms with Crippen LogP contribution in [0.1, 0.15) is 40.3 Å². The summed E-state index contributed by atoms with van der Waals surface area (Å²) in [5, 5.41) is 0. The standard InChI is InChI=1S/C59H75O3P3/c1-59(50-60-38-47-63(41-32-53-20-8-2-9-21-53)42-33-54-22-10-3-11-23-54,51-61-39-48-64(43-34-55-24-12-4-13-25-55)44-35-56-26-14-5-15-27-56)52-62-40-49-65(45-36-57-28-16-6-17-29-57)46-37-58-30-18-7-19-31-58/h2-31H,32-52H2,1H3. The van der Waals surface area contributed by atoms with Crippen LogP contribution >= 0.6 is 23.8 Å². The molecule has 0 heterocycles. The molecule has 0 aliphatic carbocycles. The second kappa shape index (κ2) is 30.7. The van der Waals surface area contributed by atoms with Crippen LogP contribution in [0.3, 0.4) is 0 Å². The van der Waals surface area contributed by atoms with Crippen LogP contribution in [-0.2, 0) is 52.7 Å². The maximum atomic E-state index is 6.70. The van der Waals surface area contributed by atoms with Crippen LogP contribution in [0, 0.1) is 5.41 Å². The van der Waals surface area contributed by atoms with Crippen molar-refractivity contribution >= 4 is 23.8 Å². The Balaban J connectivity index is 1.04. The Morgan fingerprint density at radius 3 is 0.646 bits per heavy atom. The molecule has 6 aromatic carbocycles. The van der Waals surface area contributed by atoms with Crippen LogP contribution < -0.4 is 0 Å². The summed E-state index contributed by atoms with van der Waals surface area (Å²) in [6.07, 6.45) is 17.7. The van der Waals surface area contributed by atoms with Crippen molar-refractivity contribution in [2.45, 2.75) is 45.4 Å². The highest BCUT2D eigenvalue weighted by Gasteiger charge is 2.27. The molecule has 0 bridgehead atoms. The molecular weight excluding hydrogens is 850 g/mol. The summed E-state index contributed by atoms with van der Waals surface area (Å²) in [7, 11) is -0.491. The fraction of sp³-hybridized carbons (Fsp3) is 0.390. The van der Waals surface area contributed by atoms with Crippen molar-refractivity contribution in [2.24, 2.45) is 5.41 Å². The molecule has 0 amide bonds. The average Bonchev–Trinajstić information content (AvgIpc) is 3.36. The van der Waals surface area contributed by atoms with Crippen molar-refractivity contribution in [3.8, 4) is 0 Å². The molecule has 0 saturated heterocycles. The monoisotopic (exact) mass is 924 g/mol. The van der Waals surface area contributed by atoms with Crippen molar-refractivity contribution < 1.29 is 14.2 Å². The first kappa shape index (κ1) is 50.9. The van der Waals surface area contributed by atoms with Crippen molar-refractivity contribution in [3.05, 3.63) is 215 Å². The number of hydrogen-bond donors (Lipinski definition) is 0. The van der Waals surface area contributed by atoms with E-state index >= 15 is 0 Å². The molecule has 0 aliphatic rings. The van der Waals surface area contributed by atoms with E-state index in [1.165, 1.54) is 70.4 Å². The molecule has 0 N–H and O–H groups in total. The molecule has 6 rings (SSSR count). The molecule has 0 unspecified atom stereocenters. The summed E-state index contributed by atoms with van der Waals surface area (Å²) in [4.78, 5) is 0. The third-order valence-electron chi connectivity index (χ3n) is 12.4. The highest BCUT2D eigenvalue weighted by molar-refractivity contribution is 7.58. The van der Waals surface area contributed by atoms with Crippen molar-refractivity contribution in [3.63, 3.8) is 0 Å². The van der Waals surface area contributed by atoms with Gasteiger partial charge in [0.1, 0.15) is 0 Å². The van der Waals surface area contributed by atoms with Gasteiger partial charge in [-0.3, -0.25) is 0 Å². The van der Waals surface area contributed by atoms with E-state index in [2.05, 4.69) is 189 Å². The van der Waals surface area contributed by atoms with Gasteiger partial charge in [0.15, 0.2) is 0 Å². The van der Waals surface area contributed by atoms with E-state index in [4.69, 9.17) is 14.2 Å². The molecule has 3 nitrogen and oxygen atoms in total. The van der Waals surface area contributed by atoms with Crippen molar-refractivity contribution in [1.29, 1.82) is 0 Å². The van der Waals surface area contributed by atoms with E-state index in [0.29, 0.717) is 19.8 Å².